The molecule has 3 aromatic rings. The summed E-state index contributed by atoms with van der Waals surface area (Å²) in [6.45, 7) is 6.95. The van der Waals surface area contributed by atoms with Crippen molar-refractivity contribution in [1.29, 1.82) is 0 Å². The Labute approximate surface area is 219 Å². The van der Waals surface area contributed by atoms with E-state index < -0.39 is 6.10 Å². The van der Waals surface area contributed by atoms with Crippen LogP contribution in [0, 0.1) is 0 Å². The van der Waals surface area contributed by atoms with Gasteiger partial charge in [-0.2, -0.15) is 0 Å². The molecular weight excluding hydrogens is 468 g/mol. The predicted molar refractivity (Wildman–Crippen MR) is 146 cm³/mol. The molecule has 1 atom stereocenters. The highest BCUT2D eigenvalue weighted by Crippen LogP contribution is 2.38. The predicted octanol–water partition coefficient (Wildman–Crippen LogP) is 6.36. The Bertz CT molecular complexity index is 1140. The van der Waals surface area contributed by atoms with Gasteiger partial charge in [-0.3, -0.25) is 0 Å². The normalized spacial score (nSPS) is 12.1. The third-order valence-corrected chi connectivity index (χ3v) is 5.96. The zero-order valence-electron chi connectivity index (χ0n) is 22.3. The molecule has 0 saturated carbocycles. The van der Waals surface area contributed by atoms with E-state index in [1.54, 1.807) is 21.1 Å². The Hall–Kier alpha value is -3.77. The number of carbonyl (C=O) groups is 1. The van der Waals surface area contributed by atoms with Crippen molar-refractivity contribution in [2.45, 2.75) is 33.3 Å². The standard InChI is InChI=1S/C31H36O6/c1-6-35-29(31(32)36-7-2)21-23-11-17-26(18-12-23)37-20-19-22(3)24-13-15-25(16-14-24)30-27(33-4)9-8-10-28(30)34-5/h8-19,29H,6-7,20-21H2,1-5H3/t29-/m0/s1. The van der Waals surface area contributed by atoms with Crippen LogP contribution in [0.5, 0.6) is 17.2 Å². The van der Waals surface area contributed by atoms with Crippen LogP contribution >= 0.6 is 0 Å². The average Bonchev–Trinajstić information content (AvgIpc) is 2.93. The van der Waals surface area contributed by atoms with E-state index in [1.165, 1.54) is 0 Å². The molecule has 0 aliphatic carbocycles. The lowest BCUT2D eigenvalue weighted by Crippen LogP contribution is -2.28. The molecule has 0 saturated heterocycles. The zero-order chi connectivity index (χ0) is 26.6. The Morgan fingerprint density at radius 1 is 0.865 bits per heavy atom. The van der Waals surface area contributed by atoms with Gasteiger partial charge in [-0.25, -0.2) is 4.79 Å². The van der Waals surface area contributed by atoms with Gasteiger partial charge in [0.25, 0.3) is 0 Å². The third-order valence-electron chi connectivity index (χ3n) is 5.96. The molecule has 0 spiro atoms. The zero-order valence-corrected chi connectivity index (χ0v) is 22.3. The maximum atomic E-state index is 12.1. The first-order valence-corrected chi connectivity index (χ1v) is 12.5. The number of ether oxygens (including phenoxy) is 5. The van der Waals surface area contributed by atoms with Crippen molar-refractivity contribution in [3.05, 3.63) is 83.9 Å². The molecule has 0 heterocycles. The number of hydrogen-bond acceptors (Lipinski definition) is 6. The van der Waals surface area contributed by atoms with Gasteiger partial charge in [0, 0.05) is 13.0 Å². The highest BCUT2D eigenvalue weighted by Gasteiger charge is 2.20. The summed E-state index contributed by atoms with van der Waals surface area (Å²) in [6.07, 6.45) is 1.92. The Kier molecular flexibility index (Phi) is 10.6. The molecule has 0 unspecified atom stereocenters. The van der Waals surface area contributed by atoms with Crippen molar-refractivity contribution in [2.75, 3.05) is 34.0 Å². The molecule has 6 nitrogen and oxygen atoms in total. The first kappa shape index (κ1) is 27.8. The molecule has 0 N–H and O–H groups in total. The third kappa shape index (κ3) is 7.61. The maximum Gasteiger partial charge on any atom is 0.335 e. The van der Waals surface area contributed by atoms with Crippen molar-refractivity contribution in [2.24, 2.45) is 0 Å². The van der Waals surface area contributed by atoms with Crippen LogP contribution in [-0.4, -0.2) is 46.1 Å². The minimum Gasteiger partial charge on any atom is -0.496 e. The summed E-state index contributed by atoms with van der Waals surface area (Å²) in [5.41, 5.74) is 5.16. The highest BCUT2D eigenvalue weighted by atomic mass is 16.6. The first-order chi connectivity index (χ1) is 18.0. The van der Waals surface area contributed by atoms with Crippen LogP contribution in [0.4, 0.5) is 0 Å². The summed E-state index contributed by atoms with van der Waals surface area (Å²) < 4.78 is 27.6. The molecule has 6 heteroatoms. The quantitative estimate of drug-likeness (QED) is 0.252. The molecular formula is C31H36O6. The van der Waals surface area contributed by atoms with Gasteiger partial charge in [-0.05, 0) is 73.4 Å². The molecule has 0 amide bonds. The van der Waals surface area contributed by atoms with E-state index in [2.05, 4.69) is 37.3 Å². The van der Waals surface area contributed by atoms with Gasteiger partial charge in [0.15, 0.2) is 6.10 Å². The average molecular weight is 505 g/mol. The number of carbonyl (C=O) groups excluding carboxylic acids is 1. The number of rotatable bonds is 13. The van der Waals surface area contributed by atoms with Crippen molar-refractivity contribution in [3.63, 3.8) is 0 Å². The van der Waals surface area contributed by atoms with Crippen LogP contribution in [0.3, 0.4) is 0 Å². The summed E-state index contributed by atoms with van der Waals surface area (Å²) in [4.78, 5) is 12.1. The van der Waals surface area contributed by atoms with Crippen LogP contribution < -0.4 is 14.2 Å². The smallest absolute Gasteiger partial charge is 0.335 e. The molecule has 0 aliphatic heterocycles. The van der Waals surface area contributed by atoms with E-state index in [-0.39, 0.29) is 5.97 Å². The van der Waals surface area contributed by atoms with Crippen molar-refractivity contribution >= 4 is 11.5 Å². The fourth-order valence-electron chi connectivity index (χ4n) is 4.00. The van der Waals surface area contributed by atoms with Crippen LogP contribution in [0.1, 0.15) is 31.9 Å². The van der Waals surface area contributed by atoms with E-state index in [0.29, 0.717) is 26.2 Å². The molecule has 0 fully saturated rings. The van der Waals surface area contributed by atoms with Gasteiger partial charge in [0.05, 0.1) is 26.4 Å². The summed E-state index contributed by atoms with van der Waals surface area (Å²) in [5.74, 6) is 1.97. The molecule has 196 valence electrons. The van der Waals surface area contributed by atoms with Crippen LogP contribution in [0.15, 0.2) is 72.8 Å². The van der Waals surface area contributed by atoms with Crippen molar-refractivity contribution in [1.82, 2.24) is 0 Å². The minimum atomic E-state index is -0.599. The second-order valence-corrected chi connectivity index (χ2v) is 8.36. The maximum absolute atomic E-state index is 12.1. The fraction of sp³-hybridized carbons (Fsp3) is 0.323. The van der Waals surface area contributed by atoms with E-state index in [1.807, 2.05) is 49.4 Å². The Morgan fingerprint density at radius 2 is 1.51 bits per heavy atom. The summed E-state index contributed by atoms with van der Waals surface area (Å²) in [7, 11) is 3.32. The second-order valence-electron chi connectivity index (χ2n) is 8.36. The minimum absolute atomic E-state index is 0.333. The van der Waals surface area contributed by atoms with E-state index >= 15 is 0 Å². The van der Waals surface area contributed by atoms with E-state index in [9.17, 15) is 4.79 Å². The first-order valence-electron chi connectivity index (χ1n) is 12.5. The Morgan fingerprint density at radius 3 is 2.08 bits per heavy atom. The molecule has 3 rings (SSSR count). The highest BCUT2D eigenvalue weighted by molar-refractivity contribution is 5.78. The monoisotopic (exact) mass is 504 g/mol. The number of methoxy groups -OCH3 is 2. The van der Waals surface area contributed by atoms with E-state index in [0.717, 1.165) is 45.1 Å². The molecule has 0 bridgehead atoms. The molecule has 0 radical (unpaired) electrons. The van der Waals surface area contributed by atoms with Crippen molar-refractivity contribution in [3.8, 4) is 28.4 Å². The van der Waals surface area contributed by atoms with E-state index in [4.69, 9.17) is 23.7 Å². The van der Waals surface area contributed by atoms with Gasteiger partial charge < -0.3 is 23.7 Å². The molecule has 0 aliphatic rings. The lowest BCUT2D eigenvalue weighted by molar-refractivity contribution is -0.156. The number of esters is 1. The summed E-state index contributed by atoms with van der Waals surface area (Å²) >= 11 is 0. The molecule has 3 aromatic carbocycles. The van der Waals surface area contributed by atoms with Gasteiger partial charge >= 0.3 is 5.97 Å². The number of hydrogen-bond donors (Lipinski definition) is 0. The lowest BCUT2D eigenvalue weighted by Gasteiger charge is -2.15. The Balaban J connectivity index is 1.60. The lowest BCUT2D eigenvalue weighted by atomic mass is 9.99. The van der Waals surface area contributed by atoms with Crippen molar-refractivity contribution < 1.29 is 28.5 Å². The SMILES string of the molecule is CCOC(=O)[C@H](Cc1ccc(OCC=C(C)c2ccc(-c3c(OC)cccc3OC)cc2)cc1)OCC. The summed E-state index contributed by atoms with van der Waals surface area (Å²) in [5, 5.41) is 0. The second kappa shape index (κ2) is 14.1. The topological polar surface area (TPSA) is 63.2 Å². The van der Waals surface area contributed by atoms with Gasteiger partial charge in [0.1, 0.15) is 23.9 Å². The van der Waals surface area contributed by atoms with Crippen LogP contribution in [-0.2, 0) is 20.7 Å². The largest absolute Gasteiger partial charge is 0.496 e. The van der Waals surface area contributed by atoms with Gasteiger partial charge in [0.2, 0.25) is 0 Å². The van der Waals surface area contributed by atoms with Gasteiger partial charge in [-0.15, -0.1) is 0 Å². The fourth-order valence-corrected chi connectivity index (χ4v) is 4.00. The molecule has 0 aromatic heterocycles. The molecule has 37 heavy (non-hydrogen) atoms. The van der Waals surface area contributed by atoms with Crippen LogP contribution in [0.2, 0.25) is 0 Å². The number of allylic oxidation sites excluding steroid dienone is 1. The van der Waals surface area contributed by atoms with Gasteiger partial charge in [-0.1, -0.05) is 42.5 Å². The van der Waals surface area contributed by atoms with Crippen LogP contribution in [0.25, 0.3) is 16.7 Å². The summed E-state index contributed by atoms with van der Waals surface area (Å²) in [6, 6.07) is 21.8. The number of benzene rings is 3.